The van der Waals surface area contributed by atoms with Gasteiger partial charge in [-0.1, -0.05) is 30.1 Å². The summed E-state index contributed by atoms with van der Waals surface area (Å²) >= 11 is 1.59. The fraction of sp³-hybridized carbons (Fsp3) is 0.261. The van der Waals surface area contributed by atoms with Crippen LogP contribution in [0.2, 0.25) is 0 Å². The Morgan fingerprint density at radius 3 is 2.81 bits per heavy atom. The molecule has 160 valence electrons. The van der Waals surface area contributed by atoms with E-state index in [1.54, 1.807) is 42.9 Å². The molecule has 1 aliphatic heterocycles. The minimum atomic E-state index is -0.00318. The highest BCUT2D eigenvalue weighted by Crippen LogP contribution is 2.29. The lowest BCUT2D eigenvalue weighted by atomic mass is 10.2. The summed E-state index contributed by atoms with van der Waals surface area (Å²) in [5.41, 5.74) is 1.79. The third kappa shape index (κ3) is 4.86. The standard InChI is InChI=1S/C23H24N4O3S/c1-3-15-30-19-8-6-17(16-20(19)29-2)7-9-21(28)26-11-13-27(14-12-26)23-25-18-5-4-10-24-22(18)31-23/h3-10,16H,1,11-15H2,2H3/b9-7+. The van der Waals surface area contributed by atoms with Gasteiger partial charge in [-0.05, 0) is 35.9 Å². The van der Waals surface area contributed by atoms with Crippen molar-refractivity contribution >= 4 is 38.8 Å². The Morgan fingerprint density at radius 1 is 1.23 bits per heavy atom. The first-order chi connectivity index (χ1) is 15.2. The van der Waals surface area contributed by atoms with Gasteiger partial charge in [-0.25, -0.2) is 9.97 Å². The molecule has 0 spiro atoms. The zero-order chi connectivity index (χ0) is 21.6. The molecule has 0 N–H and O–H groups in total. The first-order valence-electron chi connectivity index (χ1n) is 10.0. The molecule has 1 aromatic carbocycles. The molecule has 0 aliphatic carbocycles. The second-order valence-corrected chi connectivity index (χ2v) is 7.94. The summed E-state index contributed by atoms with van der Waals surface area (Å²) < 4.78 is 10.9. The molecule has 1 aliphatic rings. The molecule has 2 aromatic heterocycles. The number of hydrogen-bond acceptors (Lipinski definition) is 7. The van der Waals surface area contributed by atoms with Crippen LogP contribution in [0.3, 0.4) is 0 Å². The Labute approximate surface area is 185 Å². The van der Waals surface area contributed by atoms with E-state index in [4.69, 9.17) is 9.47 Å². The van der Waals surface area contributed by atoms with Crippen molar-refractivity contribution in [3.05, 3.63) is 60.8 Å². The van der Waals surface area contributed by atoms with E-state index >= 15 is 0 Å². The highest BCUT2D eigenvalue weighted by atomic mass is 32.1. The Bertz CT molecular complexity index is 1070. The summed E-state index contributed by atoms with van der Waals surface area (Å²) in [6.07, 6.45) is 6.87. The summed E-state index contributed by atoms with van der Waals surface area (Å²) in [6.45, 7) is 6.87. The van der Waals surface area contributed by atoms with Gasteiger partial charge in [-0.3, -0.25) is 4.79 Å². The second kappa shape index (κ2) is 9.61. The topological polar surface area (TPSA) is 67.8 Å². The lowest BCUT2D eigenvalue weighted by Gasteiger charge is -2.34. The SMILES string of the molecule is C=CCOc1ccc(/C=C/C(=O)N2CCN(c3nc4cccnc4s3)CC2)cc1OC. The number of nitrogens with zero attached hydrogens (tertiary/aromatic N) is 4. The van der Waals surface area contributed by atoms with Crippen molar-refractivity contribution in [2.75, 3.05) is 44.8 Å². The van der Waals surface area contributed by atoms with Gasteiger partial charge < -0.3 is 19.3 Å². The van der Waals surface area contributed by atoms with Gasteiger partial charge >= 0.3 is 0 Å². The number of carbonyl (C=O) groups excluding carboxylic acids is 1. The fourth-order valence-corrected chi connectivity index (χ4v) is 4.30. The van der Waals surface area contributed by atoms with Crippen LogP contribution in [0.25, 0.3) is 16.4 Å². The predicted octanol–water partition coefficient (Wildman–Crippen LogP) is 3.63. The molecule has 3 aromatic rings. The van der Waals surface area contributed by atoms with Crippen LogP contribution in [0, 0.1) is 0 Å². The van der Waals surface area contributed by atoms with Crippen molar-refractivity contribution in [1.29, 1.82) is 0 Å². The Morgan fingerprint density at radius 2 is 2.06 bits per heavy atom. The van der Waals surface area contributed by atoms with E-state index in [9.17, 15) is 4.79 Å². The summed E-state index contributed by atoms with van der Waals surface area (Å²) in [5, 5.41) is 0.960. The van der Waals surface area contributed by atoms with E-state index in [1.807, 2.05) is 35.2 Å². The predicted molar refractivity (Wildman–Crippen MR) is 124 cm³/mol. The quantitative estimate of drug-likeness (QED) is 0.416. The van der Waals surface area contributed by atoms with Crippen molar-refractivity contribution < 1.29 is 14.3 Å². The average Bonchev–Trinajstić information content (AvgIpc) is 3.26. The van der Waals surface area contributed by atoms with Crippen LogP contribution < -0.4 is 14.4 Å². The van der Waals surface area contributed by atoms with Crippen molar-refractivity contribution in [3.8, 4) is 11.5 Å². The second-order valence-electron chi connectivity index (χ2n) is 6.98. The van der Waals surface area contributed by atoms with Crippen LogP contribution in [-0.4, -0.2) is 60.7 Å². The number of hydrogen-bond donors (Lipinski definition) is 0. The molecule has 0 saturated carbocycles. The van der Waals surface area contributed by atoms with E-state index in [0.717, 1.165) is 34.1 Å². The molecule has 8 heteroatoms. The van der Waals surface area contributed by atoms with Gasteiger partial charge in [0.05, 0.1) is 7.11 Å². The number of pyridine rings is 1. The minimum Gasteiger partial charge on any atom is -0.493 e. The third-order valence-electron chi connectivity index (χ3n) is 4.98. The number of methoxy groups -OCH3 is 1. The summed E-state index contributed by atoms with van der Waals surface area (Å²) in [4.78, 5) is 26.7. The molecule has 31 heavy (non-hydrogen) atoms. The zero-order valence-corrected chi connectivity index (χ0v) is 18.2. The minimum absolute atomic E-state index is 0.00318. The molecule has 0 radical (unpaired) electrons. The molecule has 1 saturated heterocycles. The fourth-order valence-electron chi connectivity index (χ4n) is 3.34. The summed E-state index contributed by atoms with van der Waals surface area (Å²) in [5.74, 6) is 1.26. The molecule has 0 atom stereocenters. The number of fused-ring (bicyclic) bond motifs is 1. The first-order valence-corrected chi connectivity index (χ1v) is 10.8. The number of ether oxygens (including phenoxy) is 2. The van der Waals surface area contributed by atoms with Crippen LogP contribution in [0.15, 0.2) is 55.3 Å². The van der Waals surface area contributed by atoms with E-state index in [2.05, 4.69) is 21.4 Å². The number of aromatic nitrogens is 2. The largest absolute Gasteiger partial charge is 0.493 e. The molecular weight excluding hydrogens is 412 g/mol. The maximum Gasteiger partial charge on any atom is 0.246 e. The van der Waals surface area contributed by atoms with Crippen molar-refractivity contribution in [1.82, 2.24) is 14.9 Å². The van der Waals surface area contributed by atoms with Gasteiger partial charge in [0.2, 0.25) is 5.91 Å². The number of thiazole rings is 1. The van der Waals surface area contributed by atoms with E-state index in [0.29, 0.717) is 31.2 Å². The molecule has 0 bridgehead atoms. The van der Waals surface area contributed by atoms with Crippen LogP contribution in [-0.2, 0) is 4.79 Å². The van der Waals surface area contributed by atoms with Gasteiger partial charge in [0, 0.05) is 38.5 Å². The van der Waals surface area contributed by atoms with Gasteiger partial charge in [-0.2, -0.15) is 0 Å². The van der Waals surface area contributed by atoms with Crippen LogP contribution in [0.1, 0.15) is 5.56 Å². The number of benzene rings is 1. The Hall–Kier alpha value is -3.39. The number of amides is 1. The van der Waals surface area contributed by atoms with Crippen molar-refractivity contribution in [2.24, 2.45) is 0 Å². The molecule has 1 amide bonds. The van der Waals surface area contributed by atoms with E-state index in [-0.39, 0.29) is 5.91 Å². The molecule has 3 heterocycles. The molecule has 4 rings (SSSR count). The van der Waals surface area contributed by atoms with Gasteiger partial charge in [0.15, 0.2) is 16.6 Å². The Balaban J connectivity index is 1.35. The maximum absolute atomic E-state index is 12.6. The first kappa shape index (κ1) is 20.9. The number of anilines is 1. The zero-order valence-electron chi connectivity index (χ0n) is 17.4. The monoisotopic (exact) mass is 436 g/mol. The van der Waals surface area contributed by atoms with E-state index < -0.39 is 0 Å². The van der Waals surface area contributed by atoms with Crippen LogP contribution in [0.5, 0.6) is 11.5 Å². The number of piperazine rings is 1. The average molecular weight is 437 g/mol. The van der Waals surface area contributed by atoms with Crippen LogP contribution >= 0.6 is 11.3 Å². The van der Waals surface area contributed by atoms with Crippen molar-refractivity contribution in [3.63, 3.8) is 0 Å². The highest BCUT2D eigenvalue weighted by molar-refractivity contribution is 7.21. The third-order valence-corrected chi connectivity index (χ3v) is 6.02. The lowest BCUT2D eigenvalue weighted by molar-refractivity contribution is -0.126. The Kier molecular flexibility index (Phi) is 6.47. The van der Waals surface area contributed by atoms with Gasteiger partial charge in [-0.15, -0.1) is 0 Å². The molecule has 0 unspecified atom stereocenters. The summed E-state index contributed by atoms with van der Waals surface area (Å²) in [6, 6.07) is 9.44. The van der Waals surface area contributed by atoms with Gasteiger partial charge in [0.25, 0.3) is 0 Å². The van der Waals surface area contributed by atoms with Gasteiger partial charge in [0.1, 0.15) is 17.0 Å². The number of carbonyl (C=O) groups is 1. The normalized spacial score (nSPS) is 14.2. The lowest BCUT2D eigenvalue weighted by Crippen LogP contribution is -2.48. The smallest absolute Gasteiger partial charge is 0.246 e. The van der Waals surface area contributed by atoms with Crippen molar-refractivity contribution in [2.45, 2.75) is 0 Å². The maximum atomic E-state index is 12.6. The summed E-state index contributed by atoms with van der Waals surface area (Å²) in [7, 11) is 1.59. The molecule has 1 fully saturated rings. The highest BCUT2D eigenvalue weighted by Gasteiger charge is 2.22. The van der Waals surface area contributed by atoms with Crippen LogP contribution in [0.4, 0.5) is 5.13 Å². The van der Waals surface area contributed by atoms with E-state index in [1.165, 1.54) is 0 Å². The molecule has 7 nitrogen and oxygen atoms in total. The number of rotatable bonds is 7. The molecular formula is C23H24N4O3S.